The number of halogens is 3. The number of hydrogen-bond acceptors (Lipinski definition) is 5. The fourth-order valence-electron chi connectivity index (χ4n) is 2.71. The van der Waals surface area contributed by atoms with Crippen molar-refractivity contribution in [2.45, 2.75) is 44.8 Å². The van der Waals surface area contributed by atoms with Crippen LogP contribution in [0.3, 0.4) is 0 Å². The Balaban J connectivity index is 1.54. The molecule has 0 unspecified atom stereocenters. The number of piperidine rings is 1. The maximum atomic E-state index is 12.6. The minimum atomic E-state index is -4.36. The molecule has 126 valence electrons. The molecule has 1 aliphatic heterocycles. The second-order valence-corrected chi connectivity index (χ2v) is 6.61. The molecule has 0 radical (unpaired) electrons. The third-order valence-corrected chi connectivity index (χ3v) is 4.87. The van der Waals surface area contributed by atoms with Gasteiger partial charge in [0.15, 0.2) is 11.5 Å². The van der Waals surface area contributed by atoms with E-state index in [1.54, 1.807) is 0 Å². The van der Waals surface area contributed by atoms with E-state index in [4.69, 9.17) is 0 Å². The maximum Gasteiger partial charge on any atom is 0.434 e. The molecule has 0 aliphatic carbocycles. The van der Waals surface area contributed by atoms with E-state index >= 15 is 0 Å². The molecule has 0 bridgehead atoms. The molecule has 3 rings (SSSR count). The summed E-state index contributed by atoms with van der Waals surface area (Å²) in [7, 11) is 0. The highest BCUT2D eigenvalue weighted by Crippen LogP contribution is 2.31. The van der Waals surface area contributed by atoms with Crippen molar-refractivity contribution in [3.63, 3.8) is 0 Å². The van der Waals surface area contributed by atoms with Gasteiger partial charge in [0.25, 0.3) is 0 Å². The van der Waals surface area contributed by atoms with Gasteiger partial charge in [-0.25, -0.2) is 9.97 Å². The normalized spacial score (nSPS) is 17.7. The molecule has 0 spiro atoms. The lowest BCUT2D eigenvalue weighted by Gasteiger charge is -2.29. The lowest BCUT2D eigenvalue weighted by Crippen LogP contribution is -2.32. The molecule has 1 N–H and O–H groups in total. The summed E-state index contributed by atoms with van der Waals surface area (Å²) in [5, 5.41) is 8.79. The molecular weight excluding hydrogens is 327 g/mol. The first kappa shape index (κ1) is 16.4. The Kier molecular flexibility index (Phi) is 4.67. The summed E-state index contributed by atoms with van der Waals surface area (Å²) in [4.78, 5) is 10.3. The van der Waals surface area contributed by atoms with Crippen LogP contribution in [0.15, 0.2) is 5.38 Å². The number of aromatic nitrogens is 4. The highest BCUT2D eigenvalue weighted by molar-refractivity contribution is 7.09. The van der Waals surface area contributed by atoms with Gasteiger partial charge in [-0.1, -0.05) is 6.92 Å². The van der Waals surface area contributed by atoms with Gasteiger partial charge in [0.05, 0.1) is 6.54 Å². The number of nitrogens with zero attached hydrogens (tertiary/aromatic N) is 4. The number of thiazole rings is 1. The van der Waals surface area contributed by atoms with Gasteiger partial charge in [0, 0.05) is 17.7 Å². The Hall–Kier alpha value is -1.48. The van der Waals surface area contributed by atoms with Crippen LogP contribution in [0.5, 0.6) is 0 Å². The van der Waals surface area contributed by atoms with Crippen molar-refractivity contribution in [2.24, 2.45) is 0 Å². The van der Waals surface area contributed by atoms with E-state index in [-0.39, 0.29) is 0 Å². The first-order valence-electron chi connectivity index (χ1n) is 7.61. The molecular formula is C14H18F3N5S. The minimum Gasteiger partial charge on any atom is -0.297 e. The Labute approximate surface area is 136 Å². The van der Waals surface area contributed by atoms with Crippen molar-refractivity contribution in [1.82, 2.24) is 25.1 Å². The molecule has 3 heterocycles. The summed E-state index contributed by atoms with van der Waals surface area (Å²) >= 11 is 1.07. The van der Waals surface area contributed by atoms with Gasteiger partial charge < -0.3 is 0 Å². The average Bonchev–Trinajstić information content (AvgIpc) is 3.16. The number of hydrogen-bond donors (Lipinski definition) is 1. The average molecular weight is 345 g/mol. The van der Waals surface area contributed by atoms with Crippen molar-refractivity contribution in [2.75, 3.05) is 13.1 Å². The third-order valence-electron chi connectivity index (χ3n) is 4.04. The minimum absolute atomic E-state index is 0.324. The lowest BCUT2D eigenvalue weighted by atomic mass is 9.96. The number of aromatic amines is 1. The Morgan fingerprint density at radius 3 is 2.61 bits per heavy atom. The van der Waals surface area contributed by atoms with E-state index in [1.165, 1.54) is 0 Å². The molecule has 1 aliphatic rings. The van der Waals surface area contributed by atoms with Crippen LogP contribution in [-0.2, 0) is 19.1 Å². The summed E-state index contributed by atoms with van der Waals surface area (Å²) < 4.78 is 37.7. The van der Waals surface area contributed by atoms with Gasteiger partial charge in [-0.3, -0.25) is 10.00 Å². The zero-order chi connectivity index (χ0) is 16.4. The summed E-state index contributed by atoms with van der Waals surface area (Å²) in [5.74, 6) is 2.07. The maximum absolute atomic E-state index is 12.6. The molecule has 2 aromatic rings. The van der Waals surface area contributed by atoms with Crippen molar-refractivity contribution < 1.29 is 13.2 Å². The van der Waals surface area contributed by atoms with Crippen molar-refractivity contribution in [3.05, 3.63) is 27.7 Å². The topological polar surface area (TPSA) is 57.7 Å². The molecule has 9 heteroatoms. The zero-order valence-corrected chi connectivity index (χ0v) is 13.5. The fourth-order valence-corrected chi connectivity index (χ4v) is 3.55. The highest BCUT2D eigenvalue weighted by Gasteiger charge is 2.34. The van der Waals surface area contributed by atoms with Crippen LogP contribution < -0.4 is 0 Å². The summed E-state index contributed by atoms with van der Waals surface area (Å²) in [6, 6.07) is 0. The van der Waals surface area contributed by atoms with Gasteiger partial charge in [-0.05, 0) is 25.9 Å². The highest BCUT2D eigenvalue weighted by atomic mass is 32.1. The van der Waals surface area contributed by atoms with Crippen LogP contribution in [0.1, 0.15) is 48.0 Å². The molecule has 0 amide bonds. The largest absolute Gasteiger partial charge is 0.434 e. The Morgan fingerprint density at radius 2 is 2.04 bits per heavy atom. The zero-order valence-electron chi connectivity index (χ0n) is 12.7. The van der Waals surface area contributed by atoms with Crippen LogP contribution in [0.2, 0.25) is 0 Å². The standard InChI is InChI=1S/C14H18F3N5S/c1-2-11-19-13(21-20-11)9-3-5-22(6-4-9)7-12-18-10(8-23-12)14(15,16)17/h8-9H,2-7H2,1H3,(H,19,20,21). The molecule has 0 saturated carbocycles. The van der Waals surface area contributed by atoms with Gasteiger partial charge in [-0.2, -0.15) is 18.3 Å². The van der Waals surface area contributed by atoms with Crippen molar-refractivity contribution in [1.29, 1.82) is 0 Å². The van der Waals surface area contributed by atoms with E-state index in [2.05, 4.69) is 25.1 Å². The van der Waals surface area contributed by atoms with Gasteiger partial charge >= 0.3 is 6.18 Å². The second kappa shape index (κ2) is 6.56. The van der Waals surface area contributed by atoms with E-state index in [0.29, 0.717) is 17.5 Å². The monoisotopic (exact) mass is 345 g/mol. The first-order valence-corrected chi connectivity index (χ1v) is 8.48. The predicted octanol–water partition coefficient (Wildman–Crippen LogP) is 3.22. The fraction of sp³-hybridized carbons (Fsp3) is 0.643. The lowest BCUT2D eigenvalue weighted by molar-refractivity contribution is -0.140. The molecule has 1 fully saturated rings. The quantitative estimate of drug-likeness (QED) is 0.924. The van der Waals surface area contributed by atoms with Gasteiger partial charge in [-0.15, -0.1) is 11.3 Å². The van der Waals surface area contributed by atoms with E-state index in [1.807, 2.05) is 6.92 Å². The molecule has 1 saturated heterocycles. The predicted molar refractivity (Wildman–Crippen MR) is 80.1 cm³/mol. The van der Waals surface area contributed by atoms with Gasteiger partial charge in [0.2, 0.25) is 0 Å². The van der Waals surface area contributed by atoms with Gasteiger partial charge in [0.1, 0.15) is 10.8 Å². The van der Waals surface area contributed by atoms with Crippen LogP contribution in [0.25, 0.3) is 0 Å². The second-order valence-electron chi connectivity index (χ2n) is 5.67. The van der Waals surface area contributed by atoms with Crippen LogP contribution >= 0.6 is 11.3 Å². The summed E-state index contributed by atoms with van der Waals surface area (Å²) in [6.45, 7) is 4.14. The number of aryl methyl sites for hydroxylation is 1. The SMILES string of the molecule is CCc1nc(C2CCN(Cc3nc(C(F)(F)F)cs3)CC2)n[nH]1. The molecule has 2 aromatic heterocycles. The first-order chi connectivity index (χ1) is 11.0. The molecule has 5 nitrogen and oxygen atoms in total. The van der Waals surface area contributed by atoms with Crippen LogP contribution in [-0.4, -0.2) is 38.2 Å². The number of rotatable bonds is 4. The number of alkyl halides is 3. The summed E-state index contributed by atoms with van der Waals surface area (Å²) in [6.07, 6.45) is -1.70. The van der Waals surface area contributed by atoms with Crippen molar-refractivity contribution in [3.8, 4) is 0 Å². The number of likely N-dealkylation sites (tertiary alicyclic amines) is 1. The number of nitrogens with one attached hydrogen (secondary N) is 1. The van der Waals surface area contributed by atoms with E-state index in [9.17, 15) is 13.2 Å². The Morgan fingerprint density at radius 1 is 1.30 bits per heavy atom. The Bertz CT molecular complexity index is 643. The smallest absolute Gasteiger partial charge is 0.297 e. The van der Waals surface area contributed by atoms with Crippen molar-refractivity contribution >= 4 is 11.3 Å². The third kappa shape index (κ3) is 3.89. The molecule has 0 aromatic carbocycles. The number of H-pyrrole nitrogens is 1. The van der Waals surface area contributed by atoms with Crippen LogP contribution in [0.4, 0.5) is 13.2 Å². The molecule has 23 heavy (non-hydrogen) atoms. The summed E-state index contributed by atoms with van der Waals surface area (Å²) in [5.41, 5.74) is -0.791. The van der Waals surface area contributed by atoms with E-state index < -0.39 is 11.9 Å². The molecule has 0 atom stereocenters. The van der Waals surface area contributed by atoms with E-state index in [0.717, 1.165) is 60.7 Å². The van der Waals surface area contributed by atoms with Crippen LogP contribution in [0, 0.1) is 0 Å².